The maximum absolute atomic E-state index is 11.3. The summed E-state index contributed by atoms with van der Waals surface area (Å²) in [6, 6.07) is 0. The van der Waals surface area contributed by atoms with Gasteiger partial charge in [-0.1, -0.05) is 0 Å². The number of carbonyl (C=O) groups excluding carboxylic acids is 2. The van der Waals surface area contributed by atoms with E-state index in [4.69, 9.17) is 0 Å². The Balaban J connectivity index is 2.24. The van der Waals surface area contributed by atoms with Crippen molar-refractivity contribution in [3.63, 3.8) is 0 Å². The third-order valence-corrected chi connectivity index (χ3v) is 3.44. The fourth-order valence-electron chi connectivity index (χ4n) is 1.58. The van der Waals surface area contributed by atoms with E-state index in [-0.39, 0.29) is 18.1 Å². The average Bonchev–Trinajstić information content (AvgIpc) is 2.45. The van der Waals surface area contributed by atoms with Crippen molar-refractivity contribution in [2.45, 2.75) is 18.4 Å². The van der Waals surface area contributed by atoms with Gasteiger partial charge in [0.25, 0.3) is 0 Å². The van der Waals surface area contributed by atoms with Gasteiger partial charge in [0, 0.05) is 5.75 Å². The molecule has 0 aromatic heterocycles. The first-order chi connectivity index (χ1) is 5.23. The monoisotopic (exact) mass is 171 g/mol. The molecule has 1 amide bonds. The number of Topliss-reactive ketones (excluding diaryl/α,β-unsaturated/α-hetero) is 1. The molecule has 2 aliphatic heterocycles. The van der Waals surface area contributed by atoms with E-state index < -0.39 is 5.54 Å². The largest absolute Gasteiger partial charge is 0.342 e. The van der Waals surface area contributed by atoms with Crippen molar-refractivity contribution in [1.29, 1.82) is 0 Å². The zero-order valence-corrected chi connectivity index (χ0v) is 6.87. The number of ketones is 1. The molecule has 2 rings (SSSR count). The summed E-state index contributed by atoms with van der Waals surface area (Å²) >= 11 is 1.74. The predicted molar refractivity (Wildman–Crippen MR) is 42.4 cm³/mol. The minimum absolute atomic E-state index is 0.0903. The molecular weight excluding hydrogens is 162 g/mol. The molecule has 0 unspecified atom stereocenters. The van der Waals surface area contributed by atoms with Crippen LogP contribution >= 0.6 is 11.8 Å². The lowest BCUT2D eigenvalue weighted by molar-refractivity contribution is -0.123. The summed E-state index contributed by atoms with van der Waals surface area (Å²) in [5.41, 5.74) is -0.457. The summed E-state index contributed by atoms with van der Waals surface area (Å²) in [6.45, 7) is 0. The lowest BCUT2D eigenvalue weighted by Gasteiger charge is -2.18. The summed E-state index contributed by atoms with van der Waals surface area (Å²) in [4.78, 5) is 22.2. The Hall–Kier alpha value is -0.510. The lowest BCUT2D eigenvalue weighted by Crippen LogP contribution is -2.46. The van der Waals surface area contributed by atoms with E-state index in [2.05, 4.69) is 5.32 Å². The maximum Gasteiger partial charge on any atom is 0.228 e. The number of hydrogen-bond acceptors (Lipinski definition) is 3. The SMILES string of the molecule is O=C1CC(=O)[C@@]2(CCSC2)N1. The molecule has 0 aromatic carbocycles. The second-order valence-electron chi connectivity index (χ2n) is 3.03. The smallest absolute Gasteiger partial charge is 0.228 e. The van der Waals surface area contributed by atoms with Crippen LogP contribution < -0.4 is 5.32 Å². The van der Waals surface area contributed by atoms with Gasteiger partial charge in [-0.05, 0) is 12.2 Å². The van der Waals surface area contributed by atoms with Gasteiger partial charge in [-0.15, -0.1) is 0 Å². The van der Waals surface area contributed by atoms with Gasteiger partial charge >= 0.3 is 0 Å². The van der Waals surface area contributed by atoms with Crippen LogP contribution in [0.3, 0.4) is 0 Å². The van der Waals surface area contributed by atoms with Gasteiger partial charge in [0.2, 0.25) is 5.91 Å². The van der Waals surface area contributed by atoms with E-state index in [9.17, 15) is 9.59 Å². The number of nitrogens with one attached hydrogen (secondary N) is 1. The second kappa shape index (κ2) is 2.24. The van der Waals surface area contributed by atoms with Crippen molar-refractivity contribution >= 4 is 23.5 Å². The molecule has 2 heterocycles. The molecule has 2 saturated heterocycles. The van der Waals surface area contributed by atoms with Gasteiger partial charge in [-0.25, -0.2) is 0 Å². The molecule has 60 valence electrons. The predicted octanol–water partition coefficient (Wildman–Crippen LogP) is -0.0489. The molecule has 0 aromatic rings. The van der Waals surface area contributed by atoms with E-state index in [1.54, 1.807) is 11.8 Å². The van der Waals surface area contributed by atoms with E-state index in [1.807, 2.05) is 0 Å². The minimum atomic E-state index is -0.457. The molecule has 0 bridgehead atoms. The minimum Gasteiger partial charge on any atom is -0.342 e. The first kappa shape index (κ1) is 7.16. The zero-order chi connectivity index (χ0) is 7.90. The van der Waals surface area contributed by atoms with Crippen LogP contribution in [-0.2, 0) is 9.59 Å². The molecule has 2 fully saturated rings. The number of carbonyl (C=O) groups is 2. The third-order valence-electron chi connectivity index (χ3n) is 2.26. The Morgan fingerprint density at radius 3 is 2.73 bits per heavy atom. The van der Waals surface area contributed by atoms with Crippen LogP contribution in [0.1, 0.15) is 12.8 Å². The summed E-state index contributed by atoms with van der Waals surface area (Å²) < 4.78 is 0. The Kier molecular flexibility index (Phi) is 1.45. The van der Waals surface area contributed by atoms with Crippen molar-refractivity contribution in [3.05, 3.63) is 0 Å². The van der Waals surface area contributed by atoms with Crippen molar-refractivity contribution in [3.8, 4) is 0 Å². The topological polar surface area (TPSA) is 46.2 Å². The molecule has 1 atom stereocenters. The van der Waals surface area contributed by atoms with Crippen LogP contribution in [0.25, 0.3) is 0 Å². The Morgan fingerprint density at radius 1 is 1.45 bits per heavy atom. The molecule has 4 heteroatoms. The highest BCUT2D eigenvalue weighted by atomic mass is 32.2. The van der Waals surface area contributed by atoms with Gasteiger partial charge < -0.3 is 5.32 Å². The number of amides is 1. The highest BCUT2D eigenvalue weighted by Gasteiger charge is 2.47. The first-order valence-corrected chi connectivity index (χ1v) is 4.80. The number of rotatable bonds is 0. The molecule has 2 aliphatic rings. The highest BCUT2D eigenvalue weighted by Crippen LogP contribution is 2.32. The van der Waals surface area contributed by atoms with E-state index >= 15 is 0 Å². The standard InChI is InChI=1S/C7H9NO2S/c9-5-3-6(10)8-7(5)1-2-11-4-7/h1-4H2,(H,8,10)/t7-/m0/s1. The number of hydrogen-bond donors (Lipinski definition) is 1. The average molecular weight is 171 g/mol. The summed E-state index contributed by atoms with van der Waals surface area (Å²) in [5, 5.41) is 2.77. The van der Waals surface area contributed by atoms with Crippen molar-refractivity contribution in [2.24, 2.45) is 0 Å². The van der Waals surface area contributed by atoms with E-state index in [0.717, 1.165) is 17.9 Å². The zero-order valence-electron chi connectivity index (χ0n) is 6.05. The van der Waals surface area contributed by atoms with Crippen LogP contribution in [0.5, 0.6) is 0 Å². The van der Waals surface area contributed by atoms with Gasteiger partial charge in [-0.3, -0.25) is 9.59 Å². The molecule has 0 saturated carbocycles. The second-order valence-corrected chi connectivity index (χ2v) is 4.14. The van der Waals surface area contributed by atoms with Crippen LogP contribution in [0.4, 0.5) is 0 Å². The van der Waals surface area contributed by atoms with Crippen LogP contribution in [0.2, 0.25) is 0 Å². The van der Waals surface area contributed by atoms with Crippen LogP contribution in [0.15, 0.2) is 0 Å². The fraction of sp³-hybridized carbons (Fsp3) is 0.714. The molecule has 11 heavy (non-hydrogen) atoms. The van der Waals surface area contributed by atoms with Gasteiger partial charge in [0.15, 0.2) is 5.78 Å². The van der Waals surface area contributed by atoms with Gasteiger partial charge in [0.1, 0.15) is 5.54 Å². The van der Waals surface area contributed by atoms with Crippen LogP contribution in [0, 0.1) is 0 Å². The Labute approximate surface area is 68.9 Å². The molecular formula is C7H9NO2S. The fourth-order valence-corrected chi connectivity index (χ4v) is 2.94. The molecule has 0 aliphatic carbocycles. The van der Waals surface area contributed by atoms with Crippen LogP contribution in [-0.4, -0.2) is 28.7 Å². The quantitative estimate of drug-likeness (QED) is 0.520. The summed E-state index contributed by atoms with van der Waals surface area (Å²) in [6.07, 6.45) is 0.919. The molecule has 1 spiro atoms. The van der Waals surface area contributed by atoms with Crippen molar-refractivity contribution in [1.82, 2.24) is 5.32 Å². The highest BCUT2D eigenvalue weighted by molar-refractivity contribution is 7.99. The Bertz CT molecular complexity index is 220. The maximum atomic E-state index is 11.3. The molecule has 1 N–H and O–H groups in total. The normalized spacial score (nSPS) is 36.7. The third kappa shape index (κ3) is 0.965. The van der Waals surface area contributed by atoms with E-state index in [0.29, 0.717) is 0 Å². The number of thioether (sulfide) groups is 1. The molecule has 3 nitrogen and oxygen atoms in total. The van der Waals surface area contributed by atoms with Gasteiger partial charge in [-0.2, -0.15) is 11.8 Å². The Morgan fingerprint density at radius 2 is 2.27 bits per heavy atom. The summed E-state index contributed by atoms with van der Waals surface area (Å²) in [7, 11) is 0. The lowest BCUT2D eigenvalue weighted by atomic mass is 9.96. The van der Waals surface area contributed by atoms with Crippen molar-refractivity contribution in [2.75, 3.05) is 11.5 Å². The summed E-state index contributed by atoms with van der Waals surface area (Å²) in [5.74, 6) is 1.76. The van der Waals surface area contributed by atoms with E-state index in [1.165, 1.54) is 0 Å². The van der Waals surface area contributed by atoms with Gasteiger partial charge in [0.05, 0.1) is 6.42 Å². The molecule has 0 radical (unpaired) electrons. The van der Waals surface area contributed by atoms with Crippen molar-refractivity contribution < 1.29 is 9.59 Å². The first-order valence-electron chi connectivity index (χ1n) is 3.65.